The van der Waals surface area contributed by atoms with Crippen LogP contribution in [0.25, 0.3) is 10.9 Å². The summed E-state index contributed by atoms with van der Waals surface area (Å²) in [5.41, 5.74) is 3.86. The number of nitrogens with one attached hydrogen (secondary N) is 1. The molecule has 0 bridgehead atoms. The first-order valence-electron chi connectivity index (χ1n) is 5.23. The van der Waals surface area contributed by atoms with Gasteiger partial charge < -0.3 is 4.98 Å². The third-order valence-corrected chi connectivity index (χ3v) is 2.04. The van der Waals surface area contributed by atoms with Crippen molar-refractivity contribution >= 4 is 10.9 Å². The lowest BCUT2D eigenvalue weighted by Gasteiger charge is -1.92. The summed E-state index contributed by atoms with van der Waals surface area (Å²) in [6.07, 6.45) is 3.30. The van der Waals surface area contributed by atoms with Gasteiger partial charge in [-0.25, -0.2) is 0 Å². The molecule has 0 spiro atoms. The van der Waals surface area contributed by atoms with Crippen LogP contribution in [0.4, 0.5) is 0 Å². The third-order valence-electron chi connectivity index (χ3n) is 2.04. The molecule has 0 saturated heterocycles. The summed E-state index contributed by atoms with van der Waals surface area (Å²) in [6, 6.07) is 6.47. The predicted octanol–water partition coefficient (Wildman–Crippen LogP) is 4.20. The normalized spacial score (nSPS) is 9.71. The number of rotatable bonds is 0. The lowest BCUT2D eigenvalue weighted by Crippen LogP contribution is -1.71. The summed E-state index contributed by atoms with van der Waals surface area (Å²) in [7, 11) is 0. The first-order chi connectivity index (χ1) is 6.69. The Morgan fingerprint density at radius 3 is 2.43 bits per heavy atom. The summed E-state index contributed by atoms with van der Waals surface area (Å²) < 4.78 is 0. The summed E-state index contributed by atoms with van der Waals surface area (Å²) in [4.78, 5) is 3.23. The van der Waals surface area contributed by atoms with Crippen LogP contribution >= 0.6 is 0 Å². The van der Waals surface area contributed by atoms with Crippen molar-refractivity contribution in [2.24, 2.45) is 0 Å². The average Bonchev–Trinajstić information content (AvgIpc) is 2.49. The van der Waals surface area contributed by atoms with Crippen molar-refractivity contribution in [2.75, 3.05) is 0 Å². The second-order valence-corrected chi connectivity index (χ2v) is 3.73. The lowest BCUT2D eigenvalue weighted by atomic mass is 10.1. The van der Waals surface area contributed by atoms with E-state index in [0.29, 0.717) is 0 Å². The molecule has 1 aromatic heterocycles. The van der Waals surface area contributed by atoms with Crippen molar-refractivity contribution in [3.8, 4) is 0 Å². The zero-order valence-electron chi connectivity index (χ0n) is 9.52. The number of aromatic nitrogens is 1. The van der Waals surface area contributed by atoms with Crippen LogP contribution in [0.3, 0.4) is 0 Å². The summed E-state index contributed by atoms with van der Waals surface area (Å²) >= 11 is 0. The topological polar surface area (TPSA) is 15.8 Å². The molecule has 1 aromatic carbocycles. The molecule has 2 aromatic rings. The molecule has 0 fully saturated rings. The number of aromatic amines is 1. The number of aryl methyl sites for hydroxylation is 2. The minimum atomic E-state index is 1.24. The number of benzene rings is 1. The highest BCUT2D eigenvalue weighted by Gasteiger charge is 1.97. The van der Waals surface area contributed by atoms with E-state index < -0.39 is 0 Å². The van der Waals surface area contributed by atoms with E-state index in [-0.39, 0.29) is 0 Å². The van der Waals surface area contributed by atoms with E-state index in [4.69, 9.17) is 0 Å². The zero-order chi connectivity index (χ0) is 10.6. The predicted molar refractivity (Wildman–Crippen MR) is 63.7 cm³/mol. The van der Waals surface area contributed by atoms with Gasteiger partial charge in [-0.2, -0.15) is 0 Å². The van der Waals surface area contributed by atoms with Gasteiger partial charge in [-0.1, -0.05) is 32.4 Å². The Hall–Kier alpha value is -1.24. The van der Waals surface area contributed by atoms with Crippen LogP contribution in [0.2, 0.25) is 0 Å². The molecule has 76 valence electrons. The van der Waals surface area contributed by atoms with Gasteiger partial charge in [-0.3, -0.25) is 0 Å². The molecule has 0 radical (unpaired) electrons. The summed E-state index contributed by atoms with van der Waals surface area (Å²) in [5, 5.41) is 1.33. The Morgan fingerprint density at radius 1 is 1.14 bits per heavy atom. The molecular weight excluding hydrogens is 170 g/mol. The van der Waals surface area contributed by atoms with Crippen molar-refractivity contribution in [1.82, 2.24) is 4.98 Å². The van der Waals surface area contributed by atoms with Crippen molar-refractivity contribution in [2.45, 2.75) is 34.1 Å². The molecule has 1 nitrogen and oxygen atoms in total. The largest absolute Gasteiger partial charge is 0.361 e. The van der Waals surface area contributed by atoms with Gasteiger partial charge in [0.25, 0.3) is 0 Å². The monoisotopic (exact) mass is 189 g/mol. The van der Waals surface area contributed by atoms with Crippen LogP contribution in [0.1, 0.15) is 31.4 Å². The Bertz CT molecular complexity index is 399. The van der Waals surface area contributed by atoms with Crippen LogP contribution in [0, 0.1) is 13.8 Å². The molecule has 14 heavy (non-hydrogen) atoms. The van der Waals surface area contributed by atoms with Gasteiger partial charge in [-0.15, -0.1) is 0 Å². The van der Waals surface area contributed by atoms with Crippen LogP contribution in [-0.4, -0.2) is 4.98 Å². The lowest BCUT2D eigenvalue weighted by molar-refractivity contribution is 1.09. The average molecular weight is 189 g/mol. The van der Waals surface area contributed by atoms with E-state index >= 15 is 0 Å². The van der Waals surface area contributed by atoms with Crippen molar-refractivity contribution in [3.63, 3.8) is 0 Å². The molecule has 2 rings (SSSR count). The smallest absolute Gasteiger partial charge is 0.0459 e. The Labute approximate surface area is 86.2 Å². The van der Waals surface area contributed by atoms with Gasteiger partial charge in [0.15, 0.2) is 0 Å². The number of hydrogen-bond donors (Lipinski definition) is 1. The van der Waals surface area contributed by atoms with E-state index in [1.807, 2.05) is 6.20 Å². The molecule has 0 saturated carbocycles. The molecule has 1 heteroatoms. The first kappa shape index (κ1) is 10.8. The molecular formula is C13H19N. The quantitative estimate of drug-likeness (QED) is 0.639. The van der Waals surface area contributed by atoms with Gasteiger partial charge in [0.2, 0.25) is 0 Å². The highest BCUT2D eigenvalue weighted by atomic mass is 14.7. The van der Waals surface area contributed by atoms with Crippen molar-refractivity contribution < 1.29 is 0 Å². The van der Waals surface area contributed by atoms with Crippen LogP contribution in [-0.2, 0) is 0 Å². The van der Waals surface area contributed by atoms with E-state index in [2.05, 4.69) is 50.9 Å². The van der Waals surface area contributed by atoms with E-state index in [1.54, 1.807) is 0 Å². The second-order valence-electron chi connectivity index (χ2n) is 3.73. The maximum Gasteiger partial charge on any atom is 0.0459 e. The zero-order valence-corrected chi connectivity index (χ0v) is 9.52. The SMILES string of the molecule is CCC.Cc1ccc2c(C)c[nH]c2c1. The van der Waals surface area contributed by atoms with Gasteiger partial charge in [0.05, 0.1) is 0 Å². The summed E-state index contributed by atoms with van der Waals surface area (Å²) in [6.45, 7) is 8.48. The molecule has 0 aliphatic heterocycles. The van der Waals surface area contributed by atoms with Crippen molar-refractivity contribution in [3.05, 3.63) is 35.5 Å². The maximum atomic E-state index is 3.23. The highest BCUT2D eigenvalue weighted by molar-refractivity contribution is 5.83. The van der Waals surface area contributed by atoms with Crippen LogP contribution in [0.5, 0.6) is 0 Å². The fourth-order valence-corrected chi connectivity index (χ4v) is 1.39. The van der Waals surface area contributed by atoms with Gasteiger partial charge >= 0.3 is 0 Å². The minimum absolute atomic E-state index is 1.24. The van der Waals surface area contributed by atoms with Crippen molar-refractivity contribution in [1.29, 1.82) is 0 Å². The van der Waals surface area contributed by atoms with Crippen LogP contribution in [0.15, 0.2) is 24.4 Å². The Morgan fingerprint density at radius 2 is 1.79 bits per heavy atom. The molecule has 0 atom stereocenters. The van der Waals surface area contributed by atoms with Gasteiger partial charge in [0, 0.05) is 17.1 Å². The van der Waals surface area contributed by atoms with E-state index in [1.165, 1.54) is 28.5 Å². The van der Waals surface area contributed by atoms with Gasteiger partial charge in [0.1, 0.15) is 0 Å². The van der Waals surface area contributed by atoms with Crippen LogP contribution < -0.4 is 0 Å². The molecule has 1 heterocycles. The van der Waals surface area contributed by atoms with E-state index in [0.717, 1.165) is 0 Å². The molecule has 0 aliphatic carbocycles. The Balaban J connectivity index is 0.000000293. The Kier molecular flexibility index (Phi) is 3.75. The minimum Gasteiger partial charge on any atom is -0.361 e. The summed E-state index contributed by atoms with van der Waals surface area (Å²) in [5.74, 6) is 0. The van der Waals surface area contributed by atoms with E-state index in [9.17, 15) is 0 Å². The first-order valence-corrected chi connectivity index (χ1v) is 5.23. The second kappa shape index (κ2) is 4.85. The van der Waals surface area contributed by atoms with Gasteiger partial charge in [-0.05, 0) is 31.0 Å². The number of H-pyrrole nitrogens is 1. The highest BCUT2D eigenvalue weighted by Crippen LogP contribution is 2.17. The fourth-order valence-electron chi connectivity index (χ4n) is 1.39. The molecule has 0 amide bonds. The molecule has 0 unspecified atom stereocenters. The standard InChI is InChI=1S/C10H11N.C3H8/c1-7-3-4-9-8(2)6-11-10(9)5-7;1-3-2/h3-6,11H,1-2H3;3H2,1-2H3. The molecule has 1 N–H and O–H groups in total. The maximum absolute atomic E-state index is 3.23. The number of hydrogen-bond acceptors (Lipinski definition) is 0. The third kappa shape index (κ3) is 2.38. The number of fused-ring (bicyclic) bond motifs is 1. The molecule has 0 aliphatic rings. The fraction of sp³-hybridized carbons (Fsp3) is 0.385.